The number of alkyl halides is 3. The Hall–Kier alpha value is -2.44. The van der Waals surface area contributed by atoms with Crippen LogP contribution in [0, 0.1) is 0 Å². The number of carbonyl (C=O) groups is 1. The Balaban J connectivity index is 1.92. The van der Waals surface area contributed by atoms with Gasteiger partial charge in [0.25, 0.3) is 0 Å². The largest absolute Gasteiger partial charge is 0.573 e. The maximum Gasteiger partial charge on any atom is 0.573 e. The molecule has 21 heavy (non-hydrogen) atoms. The van der Waals surface area contributed by atoms with Crippen LogP contribution >= 0.6 is 0 Å². The number of nitrogens with zero attached hydrogens (tertiary/aromatic N) is 1. The monoisotopic (exact) mass is 299 g/mol. The van der Waals surface area contributed by atoms with Gasteiger partial charge in [0, 0.05) is 13.2 Å². The summed E-state index contributed by atoms with van der Waals surface area (Å²) >= 11 is 0. The van der Waals surface area contributed by atoms with Crippen LogP contribution in [0.15, 0.2) is 42.6 Å². The number of rotatable bonds is 4. The molecule has 0 unspecified atom stereocenters. The van der Waals surface area contributed by atoms with E-state index in [-0.39, 0.29) is 12.4 Å². The molecule has 2 rings (SSSR count). The Kier molecular flexibility index (Phi) is 4.21. The molecular formula is C14H12F3NO3. The fraction of sp³-hybridized carbons (Fsp3) is 0.214. The number of ether oxygens (including phenoxy) is 2. The Bertz CT molecular complexity index is 617. The first kappa shape index (κ1) is 15.0. The molecule has 1 heterocycles. The standard InChI is InChI=1S/C14H12F3NO3/c1-18-8-2-3-12(18)13(19)20-9-10-4-6-11(7-5-10)21-14(15,16)17/h2-8H,9H2,1H3. The van der Waals surface area contributed by atoms with E-state index in [9.17, 15) is 18.0 Å². The molecule has 1 aromatic heterocycles. The number of benzene rings is 1. The summed E-state index contributed by atoms with van der Waals surface area (Å²) in [5.41, 5.74) is 0.958. The molecule has 0 saturated heterocycles. The van der Waals surface area contributed by atoms with Crippen molar-refractivity contribution in [2.24, 2.45) is 7.05 Å². The Morgan fingerprint density at radius 2 is 1.86 bits per heavy atom. The van der Waals surface area contributed by atoms with E-state index in [2.05, 4.69) is 4.74 Å². The van der Waals surface area contributed by atoms with Crippen LogP contribution in [0.2, 0.25) is 0 Å². The number of carbonyl (C=O) groups excluding carboxylic acids is 1. The van der Waals surface area contributed by atoms with Crippen molar-refractivity contribution in [3.8, 4) is 5.75 Å². The maximum atomic E-state index is 12.0. The molecule has 0 aliphatic carbocycles. The van der Waals surface area contributed by atoms with E-state index in [1.54, 1.807) is 29.9 Å². The van der Waals surface area contributed by atoms with Gasteiger partial charge in [0.1, 0.15) is 18.1 Å². The SMILES string of the molecule is Cn1cccc1C(=O)OCc1ccc(OC(F)(F)F)cc1. The lowest BCUT2D eigenvalue weighted by molar-refractivity contribution is -0.274. The summed E-state index contributed by atoms with van der Waals surface area (Å²) in [6, 6.07) is 8.46. The van der Waals surface area contributed by atoms with Gasteiger partial charge in [-0.1, -0.05) is 12.1 Å². The molecule has 112 valence electrons. The van der Waals surface area contributed by atoms with Gasteiger partial charge >= 0.3 is 12.3 Å². The molecule has 0 spiro atoms. The van der Waals surface area contributed by atoms with Crippen molar-refractivity contribution < 1.29 is 27.4 Å². The molecule has 0 aliphatic rings. The van der Waals surface area contributed by atoms with Crippen molar-refractivity contribution in [3.63, 3.8) is 0 Å². The summed E-state index contributed by atoms with van der Waals surface area (Å²) in [6.45, 7) is -0.0314. The smallest absolute Gasteiger partial charge is 0.456 e. The highest BCUT2D eigenvalue weighted by molar-refractivity contribution is 5.87. The van der Waals surface area contributed by atoms with Gasteiger partial charge in [0.15, 0.2) is 0 Å². The molecular weight excluding hydrogens is 287 g/mol. The molecule has 0 N–H and O–H groups in total. The third-order valence-corrected chi connectivity index (χ3v) is 2.68. The van der Waals surface area contributed by atoms with Crippen LogP contribution in [0.3, 0.4) is 0 Å². The lowest BCUT2D eigenvalue weighted by Crippen LogP contribution is -2.17. The van der Waals surface area contributed by atoms with E-state index in [1.807, 2.05) is 0 Å². The van der Waals surface area contributed by atoms with Crippen molar-refractivity contribution >= 4 is 5.97 Å². The zero-order chi connectivity index (χ0) is 15.5. The van der Waals surface area contributed by atoms with Gasteiger partial charge in [-0.2, -0.15) is 0 Å². The molecule has 0 atom stereocenters. The van der Waals surface area contributed by atoms with E-state index < -0.39 is 12.3 Å². The van der Waals surface area contributed by atoms with E-state index in [0.717, 1.165) is 0 Å². The molecule has 4 nitrogen and oxygen atoms in total. The topological polar surface area (TPSA) is 40.5 Å². The highest BCUT2D eigenvalue weighted by Crippen LogP contribution is 2.22. The van der Waals surface area contributed by atoms with Crippen LogP contribution in [0.4, 0.5) is 13.2 Å². The van der Waals surface area contributed by atoms with Gasteiger partial charge in [-0.25, -0.2) is 4.79 Å². The first-order valence-electron chi connectivity index (χ1n) is 5.98. The number of hydrogen-bond donors (Lipinski definition) is 0. The first-order chi connectivity index (χ1) is 9.85. The number of halogens is 3. The third-order valence-electron chi connectivity index (χ3n) is 2.68. The molecule has 0 bridgehead atoms. The summed E-state index contributed by atoms with van der Waals surface area (Å²) in [6.07, 6.45) is -3.01. The molecule has 0 fully saturated rings. The first-order valence-corrected chi connectivity index (χ1v) is 5.98. The van der Waals surface area contributed by atoms with Crippen LogP contribution in [0.5, 0.6) is 5.75 Å². The quantitative estimate of drug-likeness (QED) is 0.813. The Morgan fingerprint density at radius 1 is 1.19 bits per heavy atom. The predicted octanol–water partition coefficient (Wildman–Crippen LogP) is 3.28. The summed E-state index contributed by atoms with van der Waals surface area (Å²) in [5, 5.41) is 0. The average molecular weight is 299 g/mol. The zero-order valence-corrected chi connectivity index (χ0v) is 11.1. The van der Waals surface area contributed by atoms with Gasteiger partial charge < -0.3 is 14.0 Å². The second-order valence-electron chi connectivity index (χ2n) is 4.27. The van der Waals surface area contributed by atoms with Crippen molar-refractivity contribution in [1.82, 2.24) is 4.57 Å². The van der Waals surface area contributed by atoms with E-state index in [4.69, 9.17) is 4.74 Å². The lowest BCUT2D eigenvalue weighted by atomic mass is 10.2. The van der Waals surface area contributed by atoms with Gasteiger partial charge in [0.2, 0.25) is 0 Å². The van der Waals surface area contributed by atoms with Crippen molar-refractivity contribution in [1.29, 1.82) is 0 Å². The normalized spacial score (nSPS) is 11.2. The van der Waals surface area contributed by atoms with Crippen LogP contribution in [0.25, 0.3) is 0 Å². The van der Waals surface area contributed by atoms with Crippen molar-refractivity contribution in [2.45, 2.75) is 13.0 Å². The predicted molar refractivity (Wildman–Crippen MR) is 67.7 cm³/mol. The van der Waals surface area contributed by atoms with Crippen molar-refractivity contribution in [2.75, 3.05) is 0 Å². The van der Waals surface area contributed by atoms with E-state index in [0.29, 0.717) is 11.3 Å². The van der Waals surface area contributed by atoms with Gasteiger partial charge in [-0.05, 0) is 29.8 Å². The number of aryl methyl sites for hydroxylation is 1. The molecule has 1 aromatic carbocycles. The van der Waals surface area contributed by atoms with Crippen molar-refractivity contribution in [3.05, 3.63) is 53.9 Å². The molecule has 7 heteroatoms. The Labute approximate surface area is 118 Å². The second-order valence-corrected chi connectivity index (χ2v) is 4.27. The summed E-state index contributed by atoms with van der Waals surface area (Å²) < 4.78 is 46.4. The van der Waals surface area contributed by atoms with Crippen LogP contribution in [-0.4, -0.2) is 16.9 Å². The van der Waals surface area contributed by atoms with E-state index in [1.165, 1.54) is 24.3 Å². The third kappa shape index (κ3) is 4.27. The molecule has 2 aromatic rings. The minimum Gasteiger partial charge on any atom is -0.456 e. The summed E-state index contributed by atoms with van der Waals surface area (Å²) in [5.74, 6) is -0.821. The summed E-state index contributed by atoms with van der Waals surface area (Å²) in [7, 11) is 1.71. The lowest BCUT2D eigenvalue weighted by Gasteiger charge is -2.09. The Morgan fingerprint density at radius 3 is 2.38 bits per heavy atom. The molecule has 0 aliphatic heterocycles. The zero-order valence-electron chi connectivity index (χ0n) is 11.1. The fourth-order valence-electron chi connectivity index (χ4n) is 1.68. The number of esters is 1. The molecule has 0 radical (unpaired) electrons. The van der Waals surface area contributed by atoms with E-state index >= 15 is 0 Å². The average Bonchev–Trinajstić information content (AvgIpc) is 2.82. The maximum absolute atomic E-state index is 12.0. The highest BCUT2D eigenvalue weighted by Gasteiger charge is 2.30. The van der Waals surface area contributed by atoms with Crippen LogP contribution in [0.1, 0.15) is 16.1 Å². The van der Waals surface area contributed by atoms with Gasteiger partial charge in [-0.15, -0.1) is 13.2 Å². The minimum absolute atomic E-state index is 0.0314. The highest BCUT2D eigenvalue weighted by atomic mass is 19.4. The van der Waals surface area contributed by atoms with Crippen LogP contribution in [-0.2, 0) is 18.4 Å². The number of hydrogen-bond acceptors (Lipinski definition) is 3. The molecule has 0 saturated carbocycles. The fourth-order valence-corrected chi connectivity index (χ4v) is 1.68. The second kappa shape index (κ2) is 5.90. The van der Waals surface area contributed by atoms with Gasteiger partial charge in [-0.3, -0.25) is 0 Å². The molecule has 0 amide bonds. The van der Waals surface area contributed by atoms with Crippen LogP contribution < -0.4 is 4.74 Å². The summed E-state index contributed by atoms with van der Waals surface area (Å²) in [4.78, 5) is 11.7. The minimum atomic E-state index is -4.72. The number of aromatic nitrogens is 1. The van der Waals surface area contributed by atoms with Gasteiger partial charge in [0.05, 0.1) is 0 Å².